The van der Waals surface area contributed by atoms with Crippen molar-refractivity contribution in [3.05, 3.63) is 42.0 Å². The Morgan fingerprint density at radius 1 is 1.21 bits per heavy atom. The smallest absolute Gasteiger partial charge is 0.408 e. The maximum Gasteiger partial charge on any atom is 0.408 e. The van der Waals surface area contributed by atoms with Gasteiger partial charge in [0.2, 0.25) is 11.8 Å². The van der Waals surface area contributed by atoms with Gasteiger partial charge >= 0.3 is 6.09 Å². The second-order valence-corrected chi connectivity index (χ2v) is 9.72. The van der Waals surface area contributed by atoms with Gasteiger partial charge in [-0.25, -0.2) is 4.79 Å². The summed E-state index contributed by atoms with van der Waals surface area (Å²) in [5, 5.41) is 5.16. The zero-order valence-electron chi connectivity index (χ0n) is 20.6. The molecule has 2 atom stereocenters. The van der Waals surface area contributed by atoms with Crippen molar-refractivity contribution in [3.63, 3.8) is 0 Å². The molecular formula is C25H34N4O5. The topological polar surface area (TPSA) is 131 Å². The Kier molecular flexibility index (Phi) is 9.44. The normalized spacial score (nSPS) is 13.0. The summed E-state index contributed by atoms with van der Waals surface area (Å²) in [6, 6.07) is 6.31. The van der Waals surface area contributed by atoms with Crippen molar-refractivity contribution >= 4 is 29.9 Å². The Morgan fingerprint density at radius 2 is 1.82 bits per heavy atom. The van der Waals surface area contributed by atoms with Gasteiger partial charge in [-0.05, 0) is 58.7 Å². The van der Waals surface area contributed by atoms with E-state index in [1.165, 1.54) is 0 Å². The minimum atomic E-state index is -1.45. The minimum Gasteiger partial charge on any atom is -0.444 e. The Hall–Kier alpha value is -3.80. The number of terminal acetylenes is 1. The SMILES string of the molecule is C#CN(C(=O)C(CC(N)=O)NC(=O)OC(C)(C)C)C(C(=O)NC(C)(C)C)c1cccc(C=C)c1. The van der Waals surface area contributed by atoms with E-state index in [-0.39, 0.29) is 0 Å². The summed E-state index contributed by atoms with van der Waals surface area (Å²) in [4.78, 5) is 51.6. The number of hydrogen-bond donors (Lipinski definition) is 3. The van der Waals surface area contributed by atoms with Gasteiger partial charge in [-0.1, -0.05) is 37.3 Å². The number of rotatable bonds is 8. The molecule has 0 aliphatic rings. The third-order valence-electron chi connectivity index (χ3n) is 4.24. The van der Waals surface area contributed by atoms with Crippen LogP contribution in [0, 0.1) is 12.5 Å². The van der Waals surface area contributed by atoms with Crippen molar-refractivity contribution in [3.8, 4) is 12.5 Å². The maximum atomic E-state index is 13.5. The zero-order chi connectivity index (χ0) is 26.3. The van der Waals surface area contributed by atoms with Crippen LogP contribution in [0.4, 0.5) is 4.79 Å². The molecule has 0 saturated carbocycles. The molecule has 0 saturated heterocycles. The lowest BCUT2D eigenvalue weighted by atomic mass is 9.99. The van der Waals surface area contributed by atoms with E-state index in [9.17, 15) is 19.2 Å². The molecule has 1 rings (SSSR count). The van der Waals surface area contributed by atoms with E-state index in [1.54, 1.807) is 71.9 Å². The third-order valence-corrected chi connectivity index (χ3v) is 4.24. The fourth-order valence-corrected chi connectivity index (χ4v) is 3.00. The van der Waals surface area contributed by atoms with Crippen LogP contribution in [0.5, 0.6) is 0 Å². The van der Waals surface area contributed by atoms with Crippen LogP contribution in [-0.2, 0) is 19.1 Å². The molecule has 1 aromatic rings. The summed E-state index contributed by atoms with van der Waals surface area (Å²) in [5.74, 6) is -2.27. The average molecular weight is 471 g/mol. The molecule has 2 unspecified atom stereocenters. The highest BCUT2D eigenvalue weighted by Gasteiger charge is 2.37. The molecule has 0 bridgehead atoms. The average Bonchev–Trinajstić information content (AvgIpc) is 2.67. The van der Waals surface area contributed by atoms with Crippen LogP contribution in [0.15, 0.2) is 30.8 Å². The molecule has 0 spiro atoms. The van der Waals surface area contributed by atoms with Gasteiger partial charge in [0, 0.05) is 11.6 Å². The number of ether oxygens (including phenoxy) is 1. The Balaban J connectivity index is 3.47. The molecular weight excluding hydrogens is 436 g/mol. The third kappa shape index (κ3) is 8.98. The van der Waals surface area contributed by atoms with Crippen LogP contribution in [-0.4, -0.2) is 45.9 Å². The summed E-state index contributed by atoms with van der Waals surface area (Å²) in [6.45, 7) is 14.0. The summed E-state index contributed by atoms with van der Waals surface area (Å²) < 4.78 is 5.19. The first kappa shape index (κ1) is 28.2. The molecule has 34 heavy (non-hydrogen) atoms. The molecule has 0 radical (unpaired) electrons. The van der Waals surface area contributed by atoms with Gasteiger partial charge in [0.25, 0.3) is 5.91 Å². The number of nitrogens with zero attached hydrogens (tertiary/aromatic N) is 1. The van der Waals surface area contributed by atoms with E-state index in [2.05, 4.69) is 23.3 Å². The monoisotopic (exact) mass is 470 g/mol. The predicted octanol–water partition coefficient (Wildman–Crippen LogP) is 2.47. The largest absolute Gasteiger partial charge is 0.444 e. The number of primary amides is 1. The van der Waals surface area contributed by atoms with Gasteiger partial charge in [0.1, 0.15) is 17.7 Å². The fourth-order valence-electron chi connectivity index (χ4n) is 3.00. The lowest BCUT2D eigenvalue weighted by Crippen LogP contribution is -2.54. The van der Waals surface area contributed by atoms with Crippen molar-refractivity contribution in [2.75, 3.05) is 0 Å². The van der Waals surface area contributed by atoms with E-state index in [1.807, 2.05) is 0 Å². The highest BCUT2D eigenvalue weighted by molar-refractivity contribution is 5.95. The molecule has 9 nitrogen and oxygen atoms in total. The van der Waals surface area contributed by atoms with Gasteiger partial charge in [-0.15, -0.1) is 0 Å². The van der Waals surface area contributed by atoms with E-state index in [0.717, 1.165) is 4.90 Å². The predicted molar refractivity (Wildman–Crippen MR) is 130 cm³/mol. The number of carbonyl (C=O) groups is 4. The molecule has 0 fully saturated rings. The van der Waals surface area contributed by atoms with Gasteiger partial charge in [0.15, 0.2) is 0 Å². The van der Waals surface area contributed by atoms with Crippen molar-refractivity contribution in [1.82, 2.24) is 15.5 Å². The van der Waals surface area contributed by atoms with E-state index in [4.69, 9.17) is 16.9 Å². The zero-order valence-corrected chi connectivity index (χ0v) is 20.6. The van der Waals surface area contributed by atoms with Crippen LogP contribution in [0.25, 0.3) is 6.08 Å². The Morgan fingerprint density at radius 3 is 2.29 bits per heavy atom. The summed E-state index contributed by atoms with van der Waals surface area (Å²) >= 11 is 0. The van der Waals surface area contributed by atoms with Crippen molar-refractivity contribution in [1.29, 1.82) is 0 Å². The summed E-state index contributed by atoms with van der Waals surface area (Å²) in [5.41, 5.74) is 4.94. The number of nitrogens with two attached hydrogens (primary N) is 1. The second kappa shape index (κ2) is 11.4. The van der Waals surface area contributed by atoms with E-state index < -0.39 is 53.5 Å². The van der Waals surface area contributed by atoms with E-state index in [0.29, 0.717) is 11.1 Å². The molecule has 1 aromatic carbocycles. The lowest BCUT2D eigenvalue weighted by molar-refractivity contribution is -0.140. The molecule has 0 aliphatic heterocycles. The lowest BCUT2D eigenvalue weighted by Gasteiger charge is -2.32. The van der Waals surface area contributed by atoms with Crippen molar-refractivity contribution < 1.29 is 23.9 Å². The van der Waals surface area contributed by atoms with Gasteiger partial charge in [-0.3, -0.25) is 19.3 Å². The molecule has 0 aliphatic carbocycles. The van der Waals surface area contributed by atoms with Crippen molar-refractivity contribution in [2.24, 2.45) is 5.73 Å². The van der Waals surface area contributed by atoms with Crippen LogP contribution >= 0.6 is 0 Å². The van der Waals surface area contributed by atoms with Crippen LogP contribution in [0.1, 0.15) is 65.1 Å². The number of nitrogens with one attached hydrogen (secondary N) is 2. The maximum absolute atomic E-state index is 13.5. The highest BCUT2D eigenvalue weighted by Crippen LogP contribution is 2.24. The number of benzene rings is 1. The standard InChI is InChI=1S/C25H34N4O5/c1-9-16-12-11-13-17(14-16)20(21(31)28-24(3,4)5)29(10-2)22(32)18(15-19(26)30)27-23(33)34-25(6,7)8/h2,9,11-14,18,20H,1,15H2,3-8H3,(H2,26,30)(H,27,33)(H,28,31). The Bertz CT molecular complexity index is 982. The number of carbonyl (C=O) groups excluding carboxylic acids is 4. The Labute approximate surface area is 201 Å². The summed E-state index contributed by atoms with van der Waals surface area (Å²) in [6.07, 6.45) is 5.79. The van der Waals surface area contributed by atoms with Crippen LogP contribution in [0.3, 0.4) is 0 Å². The molecule has 4 N–H and O–H groups in total. The van der Waals surface area contributed by atoms with Crippen LogP contribution in [0.2, 0.25) is 0 Å². The van der Waals surface area contributed by atoms with Gasteiger partial charge in [0.05, 0.1) is 6.42 Å². The minimum absolute atomic E-state index is 0.417. The molecule has 9 heteroatoms. The molecule has 0 aromatic heterocycles. The van der Waals surface area contributed by atoms with Crippen molar-refractivity contribution in [2.45, 2.75) is 71.2 Å². The first-order valence-electron chi connectivity index (χ1n) is 10.7. The quantitative estimate of drug-likeness (QED) is 0.397. The first-order chi connectivity index (χ1) is 15.6. The van der Waals surface area contributed by atoms with Crippen LogP contribution < -0.4 is 16.4 Å². The first-order valence-corrected chi connectivity index (χ1v) is 10.7. The molecule has 184 valence electrons. The van der Waals surface area contributed by atoms with Gasteiger partial charge in [-0.2, -0.15) is 0 Å². The fraction of sp³-hybridized carbons (Fsp3) is 0.440. The number of hydrogen-bond acceptors (Lipinski definition) is 5. The number of amides is 4. The second-order valence-electron chi connectivity index (χ2n) is 9.72. The van der Waals surface area contributed by atoms with Gasteiger partial charge < -0.3 is 21.1 Å². The highest BCUT2D eigenvalue weighted by atomic mass is 16.6. The van der Waals surface area contributed by atoms with E-state index >= 15 is 0 Å². The molecule has 4 amide bonds. The summed E-state index contributed by atoms with van der Waals surface area (Å²) in [7, 11) is 0. The number of alkyl carbamates (subject to hydrolysis) is 1. The molecule has 0 heterocycles.